The summed E-state index contributed by atoms with van der Waals surface area (Å²) in [7, 11) is 1.69. The van der Waals surface area contributed by atoms with Crippen molar-refractivity contribution >= 4 is 5.78 Å². The Labute approximate surface area is 138 Å². The maximum atomic E-state index is 11.7. The van der Waals surface area contributed by atoms with E-state index in [9.17, 15) is 4.79 Å². The minimum absolute atomic E-state index is 0.124. The molecule has 3 heteroatoms. The number of carbonyl (C=O) groups is 1. The summed E-state index contributed by atoms with van der Waals surface area (Å²) in [6, 6.07) is 0. The van der Waals surface area contributed by atoms with Gasteiger partial charge < -0.3 is 9.47 Å². The van der Waals surface area contributed by atoms with Gasteiger partial charge in [0.05, 0.1) is 6.10 Å². The molecule has 4 atom stereocenters. The van der Waals surface area contributed by atoms with Crippen molar-refractivity contribution < 1.29 is 14.3 Å². The van der Waals surface area contributed by atoms with Crippen LogP contribution in [0.4, 0.5) is 0 Å². The van der Waals surface area contributed by atoms with Crippen LogP contribution in [0.1, 0.15) is 45.4 Å². The maximum Gasteiger partial charge on any atom is 0.156 e. The number of methoxy groups -OCH3 is 1. The zero-order valence-corrected chi connectivity index (χ0v) is 14.1. The molecule has 124 valence electrons. The fourth-order valence-electron chi connectivity index (χ4n) is 5.39. The van der Waals surface area contributed by atoms with Crippen LogP contribution in [-0.2, 0) is 14.3 Å². The van der Waals surface area contributed by atoms with Crippen LogP contribution in [0.2, 0.25) is 0 Å². The molecule has 0 unspecified atom stereocenters. The predicted octanol–water partition coefficient (Wildman–Crippen LogP) is 3.96. The van der Waals surface area contributed by atoms with Gasteiger partial charge in [-0.15, -0.1) is 0 Å². The first-order chi connectivity index (χ1) is 11.1. The fraction of sp³-hybridized carbons (Fsp3) is 0.650. The molecule has 0 aromatic carbocycles. The van der Waals surface area contributed by atoms with Crippen molar-refractivity contribution in [2.45, 2.75) is 51.6 Å². The van der Waals surface area contributed by atoms with Gasteiger partial charge in [0.1, 0.15) is 6.79 Å². The minimum atomic E-state index is 0.124. The van der Waals surface area contributed by atoms with Gasteiger partial charge >= 0.3 is 0 Å². The van der Waals surface area contributed by atoms with Crippen molar-refractivity contribution in [3.8, 4) is 0 Å². The second-order valence-corrected chi connectivity index (χ2v) is 7.66. The normalized spacial score (nSPS) is 39.0. The molecule has 0 spiro atoms. The molecule has 0 aromatic heterocycles. The first kappa shape index (κ1) is 15.3. The van der Waals surface area contributed by atoms with E-state index in [1.54, 1.807) is 7.11 Å². The van der Waals surface area contributed by atoms with Crippen LogP contribution in [0.15, 0.2) is 34.9 Å². The monoisotopic (exact) mass is 314 g/mol. The lowest BCUT2D eigenvalue weighted by atomic mass is 9.60. The van der Waals surface area contributed by atoms with Crippen molar-refractivity contribution in [1.82, 2.24) is 0 Å². The Hall–Kier alpha value is -1.19. The largest absolute Gasteiger partial charge is 0.359 e. The van der Waals surface area contributed by atoms with Crippen LogP contribution >= 0.6 is 0 Å². The molecule has 0 aliphatic heterocycles. The summed E-state index contributed by atoms with van der Waals surface area (Å²) in [6.45, 7) is 2.74. The van der Waals surface area contributed by atoms with Gasteiger partial charge in [0, 0.05) is 18.9 Å². The van der Waals surface area contributed by atoms with Gasteiger partial charge in [-0.05, 0) is 66.7 Å². The molecule has 0 bridgehead atoms. The molecular formula is C20H26O3. The number of ketones is 1. The lowest BCUT2D eigenvalue weighted by Crippen LogP contribution is -2.40. The summed E-state index contributed by atoms with van der Waals surface area (Å²) in [4.78, 5) is 11.7. The third-order valence-corrected chi connectivity index (χ3v) is 6.54. The zero-order chi connectivity index (χ0) is 16.0. The van der Waals surface area contributed by atoms with E-state index >= 15 is 0 Å². The van der Waals surface area contributed by atoms with Crippen LogP contribution < -0.4 is 0 Å². The molecule has 4 aliphatic carbocycles. The molecule has 0 aromatic rings. The average Bonchev–Trinajstić information content (AvgIpc) is 2.89. The smallest absolute Gasteiger partial charge is 0.156 e. The number of fused-ring (bicyclic) bond motifs is 4. The lowest BCUT2D eigenvalue weighted by Gasteiger charge is -2.45. The molecule has 23 heavy (non-hydrogen) atoms. The zero-order valence-electron chi connectivity index (χ0n) is 14.1. The van der Waals surface area contributed by atoms with Gasteiger partial charge in [-0.3, -0.25) is 4.79 Å². The maximum absolute atomic E-state index is 11.7. The standard InChI is InChI=1S/C20H26O3/c1-20-10-9-16-15-6-4-14(21)11-13(15)3-5-17(16)18(20)7-8-19(20)23-12-22-2/h9-11,17-19H,3-8,12H2,1-2H3/t17-,18+,19+,20+/m1/s1. The van der Waals surface area contributed by atoms with Crippen molar-refractivity contribution in [2.24, 2.45) is 17.3 Å². The van der Waals surface area contributed by atoms with Gasteiger partial charge in [0.15, 0.2) is 5.78 Å². The molecule has 1 fully saturated rings. The Morgan fingerprint density at radius 2 is 2.09 bits per heavy atom. The van der Waals surface area contributed by atoms with E-state index in [1.807, 2.05) is 6.08 Å². The van der Waals surface area contributed by atoms with Gasteiger partial charge in [-0.25, -0.2) is 0 Å². The summed E-state index contributed by atoms with van der Waals surface area (Å²) in [5.74, 6) is 1.61. The molecule has 4 rings (SSSR count). The molecular weight excluding hydrogens is 288 g/mol. The van der Waals surface area contributed by atoms with Crippen molar-refractivity contribution in [3.05, 3.63) is 34.9 Å². The highest BCUT2D eigenvalue weighted by atomic mass is 16.7. The molecule has 1 saturated carbocycles. The quantitative estimate of drug-likeness (QED) is 0.740. The molecule has 0 amide bonds. The molecule has 0 N–H and O–H groups in total. The molecule has 3 nitrogen and oxygen atoms in total. The Balaban J connectivity index is 1.69. The lowest BCUT2D eigenvalue weighted by molar-refractivity contribution is -0.114. The van der Waals surface area contributed by atoms with Gasteiger partial charge in [-0.2, -0.15) is 0 Å². The third kappa shape index (κ3) is 2.36. The highest BCUT2D eigenvalue weighted by Gasteiger charge is 2.52. The van der Waals surface area contributed by atoms with Crippen LogP contribution in [0.5, 0.6) is 0 Å². The topological polar surface area (TPSA) is 35.5 Å². The molecule has 0 heterocycles. The average molecular weight is 314 g/mol. The number of allylic oxidation sites excluding steroid dienone is 5. The summed E-state index contributed by atoms with van der Waals surface area (Å²) in [5.41, 5.74) is 4.43. The highest BCUT2D eigenvalue weighted by molar-refractivity contribution is 5.93. The van der Waals surface area contributed by atoms with Gasteiger partial charge in [0.2, 0.25) is 0 Å². The van der Waals surface area contributed by atoms with Crippen LogP contribution in [-0.4, -0.2) is 25.8 Å². The van der Waals surface area contributed by atoms with Crippen LogP contribution in [0, 0.1) is 17.3 Å². The van der Waals surface area contributed by atoms with Crippen LogP contribution in [0.3, 0.4) is 0 Å². The van der Waals surface area contributed by atoms with Crippen molar-refractivity contribution in [1.29, 1.82) is 0 Å². The molecule has 4 aliphatic rings. The Bertz CT molecular complexity index is 612. The first-order valence-corrected chi connectivity index (χ1v) is 8.90. The SMILES string of the molecule is COCO[C@H]1CC[C@H]2[C@@H]3CCC4=CC(=O)CCC4=C3C=C[C@]12C. The van der Waals surface area contributed by atoms with Crippen LogP contribution in [0.25, 0.3) is 0 Å². The Kier molecular flexibility index (Phi) is 3.81. The molecule has 0 saturated heterocycles. The van der Waals surface area contributed by atoms with Crippen molar-refractivity contribution in [3.63, 3.8) is 0 Å². The summed E-state index contributed by atoms with van der Waals surface area (Å²) in [6.07, 6.45) is 13.1. The number of hydrogen-bond acceptors (Lipinski definition) is 3. The number of rotatable bonds is 3. The summed E-state index contributed by atoms with van der Waals surface area (Å²) < 4.78 is 11.1. The van der Waals surface area contributed by atoms with E-state index in [-0.39, 0.29) is 11.5 Å². The minimum Gasteiger partial charge on any atom is -0.359 e. The van der Waals surface area contributed by atoms with E-state index in [0.29, 0.717) is 30.8 Å². The Morgan fingerprint density at radius 1 is 1.22 bits per heavy atom. The highest BCUT2D eigenvalue weighted by Crippen LogP contribution is 2.57. The van der Waals surface area contributed by atoms with Gasteiger partial charge in [0.25, 0.3) is 0 Å². The number of ether oxygens (including phenoxy) is 2. The van der Waals surface area contributed by atoms with E-state index in [1.165, 1.54) is 29.6 Å². The summed E-state index contributed by atoms with van der Waals surface area (Å²) >= 11 is 0. The fourth-order valence-corrected chi connectivity index (χ4v) is 5.39. The third-order valence-electron chi connectivity index (χ3n) is 6.54. The number of hydrogen-bond donors (Lipinski definition) is 0. The predicted molar refractivity (Wildman–Crippen MR) is 88.8 cm³/mol. The van der Waals surface area contributed by atoms with E-state index in [2.05, 4.69) is 19.1 Å². The second kappa shape index (κ2) is 5.71. The number of carbonyl (C=O) groups excluding carboxylic acids is 1. The first-order valence-electron chi connectivity index (χ1n) is 8.90. The van der Waals surface area contributed by atoms with E-state index in [4.69, 9.17) is 9.47 Å². The van der Waals surface area contributed by atoms with E-state index < -0.39 is 0 Å². The van der Waals surface area contributed by atoms with Gasteiger partial charge in [-0.1, -0.05) is 19.1 Å². The van der Waals surface area contributed by atoms with E-state index in [0.717, 1.165) is 19.3 Å². The Morgan fingerprint density at radius 3 is 2.91 bits per heavy atom. The molecule has 0 radical (unpaired) electrons. The summed E-state index contributed by atoms with van der Waals surface area (Å²) in [5, 5.41) is 0. The second-order valence-electron chi connectivity index (χ2n) is 7.66. The van der Waals surface area contributed by atoms with Crippen molar-refractivity contribution in [2.75, 3.05) is 13.9 Å².